The summed E-state index contributed by atoms with van der Waals surface area (Å²) in [5.41, 5.74) is 2.41. The zero-order valence-corrected chi connectivity index (χ0v) is 19.2. The average Bonchev–Trinajstić information content (AvgIpc) is 3.49. The molecule has 2 aliphatic heterocycles. The molecule has 0 saturated carbocycles. The summed E-state index contributed by atoms with van der Waals surface area (Å²) in [5, 5.41) is 6.55. The molecule has 0 bridgehead atoms. The van der Waals surface area contributed by atoms with Crippen molar-refractivity contribution in [2.24, 2.45) is 7.05 Å². The topological polar surface area (TPSA) is 79.6 Å². The van der Waals surface area contributed by atoms with E-state index in [2.05, 4.69) is 19.9 Å². The van der Waals surface area contributed by atoms with Gasteiger partial charge in [-0.15, -0.1) is 11.3 Å². The van der Waals surface area contributed by atoms with E-state index in [-0.39, 0.29) is 5.91 Å². The monoisotopic (exact) mass is 453 g/mol. The van der Waals surface area contributed by atoms with Crippen LogP contribution in [-0.4, -0.2) is 83.0 Å². The van der Waals surface area contributed by atoms with Crippen LogP contribution < -0.4 is 9.80 Å². The molecule has 10 heteroatoms. The largest absolute Gasteiger partial charge is 0.378 e. The average molecular weight is 454 g/mol. The predicted molar refractivity (Wildman–Crippen MR) is 124 cm³/mol. The first kappa shape index (κ1) is 20.9. The molecule has 0 radical (unpaired) electrons. The molecule has 0 atom stereocenters. The number of carbonyl (C=O) groups excluding carboxylic acids is 1. The number of amides is 1. The van der Waals surface area contributed by atoms with Crippen molar-refractivity contribution in [3.05, 3.63) is 41.0 Å². The maximum atomic E-state index is 13.2. The molecule has 2 saturated heterocycles. The molecule has 9 nitrogen and oxygen atoms in total. The van der Waals surface area contributed by atoms with Gasteiger partial charge in [-0.1, -0.05) is 6.07 Å². The van der Waals surface area contributed by atoms with Crippen molar-refractivity contribution in [2.45, 2.75) is 6.92 Å². The van der Waals surface area contributed by atoms with Gasteiger partial charge in [0, 0.05) is 58.1 Å². The van der Waals surface area contributed by atoms with E-state index >= 15 is 0 Å². The first-order valence-corrected chi connectivity index (χ1v) is 11.8. The summed E-state index contributed by atoms with van der Waals surface area (Å²) in [6.45, 7) is 7.80. The van der Waals surface area contributed by atoms with E-state index in [0.717, 1.165) is 54.3 Å². The number of aromatic nitrogens is 4. The Hall–Kier alpha value is -2.98. The number of ether oxygens (including phenoxy) is 1. The van der Waals surface area contributed by atoms with Crippen LogP contribution in [0.2, 0.25) is 0 Å². The van der Waals surface area contributed by atoms with Gasteiger partial charge in [0.2, 0.25) is 5.95 Å². The Labute approximate surface area is 191 Å². The van der Waals surface area contributed by atoms with Crippen molar-refractivity contribution < 1.29 is 9.53 Å². The fourth-order valence-electron chi connectivity index (χ4n) is 4.12. The molecule has 0 N–H and O–H groups in total. The van der Waals surface area contributed by atoms with Crippen molar-refractivity contribution in [3.63, 3.8) is 0 Å². The smallest absolute Gasteiger partial charge is 0.272 e. The number of hydrogen-bond acceptors (Lipinski definition) is 8. The van der Waals surface area contributed by atoms with Crippen LogP contribution in [0.4, 0.5) is 11.8 Å². The highest BCUT2D eigenvalue weighted by molar-refractivity contribution is 7.13. The van der Waals surface area contributed by atoms with Gasteiger partial charge in [0.25, 0.3) is 5.91 Å². The van der Waals surface area contributed by atoms with Crippen molar-refractivity contribution in [1.29, 1.82) is 0 Å². The molecule has 0 aromatic carbocycles. The summed E-state index contributed by atoms with van der Waals surface area (Å²) >= 11 is 1.62. The minimum Gasteiger partial charge on any atom is -0.378 e. The van der Waals surface area contributed by atoms with Crippen LogP contribution in [-0.2, 0) is 11.8 Å². The highest BCUT2D eigenvalue weighted by Crippen LogP contribution is 2.25. The molecule has 0 unspecified atom stereocenters. The summed E-state index contributed by atoms with van der Waals surface area (Å²) < 4.78 is 7.14. The molecule has 2 fully saturated rings. The van der Waals surface area contributed by atoms with Gasteiger partial charge in [0.15, 0.2) is 0 Å². The van der Waals surface area contributed by atoms with Gasteiger partial charge in [-0.2, -0.15) is 10.1 Å². The van der Waals surface area contributed by atoms with Crippen molar-refractivity contribution in [1.82, 2.24) is 24.6 Å². The number of morpholine rings is 1. The Kier molecular flexibility index (Phi) is 5.79. The third-order valence-corrected chi connectivity index (χ3v) is 6.78. The van der Waals surface area contributed by atoms with E-state index in [1.54, 1.807) is 16.0 Å². The summed E-state index contributed by atoms with van der Waals surface area (Å²) in [6.07, 6.45) is 0. The Morgan fingerprint density at radius 1 is 1.03 bits per heavy atom. The van der Waals surface area contributed by atoms with Gasteiger partial charge >= 0.3 is 0 Å². The maximum absolute atomic E-state index is 13.2. The number of rotatable bonds is 4. The van der Waals surface area contributed by atoms with Gasteiger partial charge in [-0.3, -0.25) is 9.48 Å². The summed E-state index contributed by atoms with van der Waals surface area (Å²) in [6, 6.07) is 7.93. The minimum atomic E-state index is 0.0154. The maximum Gasteiger partial charge on any atom is 0.272 e. The van der Waals surface area contributed by atoms with Crippen molar-refractivity contribution in [2.75, 3.05) is 62.3 Å². The molecule has 0 spiro atoms. The number of nitrogens with zero attached hydrogens (tertiary/aromatic N) is 7. The van der Waals surface area contributed by atoms with E-state index < -0.39 is 0 Å². The van der Waals surface area contributed by atoms with Crippen molar-refractivity contribution in [3.8, 4) is 10.6 Å². The number of piperazine rings is 1. The molecule has 3 aromatic rings. The minimum absolute atomic E-state index is 0.0154. The number of carbonyl (C=O) groups is 1. The quantitative estimate of drug-likeness (QED) is 0.598. The normalized spacial score (nSPS) is 17.1. The molecular weight excluding hydrogens is 426 g/mol. The Morgan fingerprint density at radius 3 is 2.53 bits per heavy atom. The molecule has 168 valence electrons. The molecule has 1 amide bonds. The van der Waals surface area contributed by atoms with E-state index in [0.29, 0.717) is 31.9 Å². The van der Waals surface area contributed by atoms with Crippen LogP contribution in [0.3, 0.4) is 0 Å². The second kappa shape index (κ2) is 8.87. The zero-order valence-electron chi connectivity index (χ0n) is 18.4. The molecule has 3 aromatic heterocycles. The summed E-state index contributed by atoms with van der Waals surface area (Å²) in [5.74, 6) is 1.70. The van der Waals surface area contributed by atoms with Crippen LogP contribution in [0, 0.1) is 6.92 Å². The number of hydrogen-bond donors (Lipinski definition) is 0. The number of thiophene rings is 1. The lowest BCUT2D eigenvalue weighted by Gasteiger charge is -2.35. The van der Waals surface area contributed by atoms with Gasteiger partial charge in [-0.25, -0.2) is 4.98 Å². The Morgan fingerprint density at radius 2 is 1.81 bits per heavy atom. The standard InChI is InChI=1S/C22H27N7O2S/c1-16-14-20(27-9-11-31-12-10-27)24-22(23-16)29-7-5-28(6-8-29)21(30)18-15-17(25-26(18)2)19-4-3-13-32-19/h3-4,13-15H,5-12H2,1-2H3. The van der Waals surface area contributed by atoms with Crippen molar-refractivity contribution >= 4 is 29.0 Å². The SMILES string of the molecule is Cc1cc(N2CCOCC2)nc(N2CCN(C(=O)c3cc(-c4cccs4)nn3C)CC2)n1. The zero-order chi connectivity index (χ0) is 22.1. The van der Waals surface area contributed by atoms with Gasteiger partial charge < -0.3 is 19.4 Å². The van der Waals surface area contributed by atoms with Crippen LogP contribution >= 0.6 is 11.3 Å². The number of aryl methyl sites for hydroxylation is 2. The molecule has 2 aliphatic rings. The van der Waals surface area contributed by atoms with Crippen LogP contribution in [0.1, 0.15) is 16.2 Å². The first-order chi connectivity index (χ1) is 15.6. The molecule has 0 aliphatic carbocycles. The second-order valence-electron chi connectivity index (χ2n) is 8.06. The van der Waals surface area contributed by atoms with Crippen LogP contribution in [0.5, 0.6) is 0 Å². The lowest BCUT2D eigenvalue weighted by Crippen LogP contribution is -2.49. The van der Waals surface area contributed by atoms with Gasteiger partial charge in [0.05, 0.1) is 18.1 Å². The molecule has 5 heterocycles. The predicted octanol–water partition coefficient (Wildman–Crippen LogP) is 2.05. The molecule has 32 heavy (non-hydrogen) atoms. The lowest BCUT2D eigenvalue weighted by molar-refractivity contribution is 0.0735. The first-order valence-electron chi connectivity index (χ1n) is 10.9. The Bertz CT molecular complexity index is 1080. The highest BCUT2D eigenvalue weighted by Gasteiger charge is 2.27. The molecule has 5 rings (SSSR count). The number of anilines is 2. The third-order valence-electron chi connectivity index (χ3n) is 5.89. The summed E-state index contributed by atoms with van der Waals surface area (Å²) in [7, 11) is 1.83. The van der Waals surface area contributed by atoms with Gasteiger partial charge in [0.1, 0.15) is 17.2 Å². The van der Waals surface area contributed by atoms with Crippen LogP contribution in [0.15, 0.2) is 29.6 Å². The van der Waals surface area contributed by atoms with Gasteiger partial charge in [-0.05, 0) is 24.4 Å². The lowest BCUT2D eigenvalue weighted by atomic mass is 10.2. The van der Waals surface area contributed by atoms with E-state index in [9.17, 15) is 4.79 Å². The van der Waals surface area contributed by atoms with E-state index in [4.69, 9.17) is 9.72 Å². The summed E-state index contributed by atoms with van der Waals surface area (Å²) in [4.78, 5) is 30.0. The third kappa shape index (κ3) is 4.20. The molecular formula is C22H27N7O2S. The fourth-order valence-corrected chi connectivity index (χ4v) is 4.80. The second-order valence-corrected chi connectivity index (χ2v) is 9.01. The highest BCUT2D eigenvalue weighted by atomic mass is 32.1. The Balaban J connectivity index is 1.26. The van der Waals surface area contributed by atoms with E-state index in [1.165, 1.54) is 0 Å². The van der Waals surface area contributed by atoms with E-state index in [1.807, 2.05) is 48.5 Å². The van der Waals surface area contributed by atoms with Crippen LogP contribution in [0.25, 0.3) is 10.6 Å². The fraction of sp³-hybridized carbons (Fsp3) is 0.455.